The second kappa shape index (κ2) is 12.2. The molecule has 16 heteroatoms. The summed E-state index contributed by atoms with van der Waals surface area (Å²) in [6.07, 6.45) is 4.83. The minimum absolute atomic E-state index is 0.0466. The normalized spacial score (nSPS) is 16.3. The predicted molar refractivity (Wildman–Crippen MR) is 144 cm³/mol. The van der Waals surface area contributed by atoms with Crippen molar-refractivity contribution in [1.29, 1.82) is 5.26 Å². The van der Waals surface area contributed by atoms with Gasteiger partial charge in [-0.1, -0.05) is 22.8 Å². The summed E-state index contributed by atoms with van der Waals surface area (Å²) in [5.41, 5.74) is -0.500. The number of thiazole rings is 1. The first-order valence-corrected chi connectivity index (χ1v) is 13.8. The molecule has 3 aromatic heterocycles. The average molecular weight is 617 g/mol. The Balaban J connectivity index is 1.51. The van der Waals surface area contributed by atoms with Gasteiger partial charge in [-0.25, -0.2) is 23.1 Å². The molecule has 216 valence electrons. The number of anilines is 2. The number of carbonyl (C=O) groups is 2. The third kappa shape index (κ3) is 6.24. The smallest absolute Gasteiger partial charge is 0.322 e. The van der Waals surface area contributed by atoms with Crippen molar-refractivity contribution in [2.75, 3.05) is 10.2 Å². The summed E-state index contributed by atoms with van der Waals surface area (Å²) in [7, 11) is 0. The molecule has 0 spiro atoms. The molecule has 2 unspecified atom stereocenters. The van der Waals surface area contributed by atoms with E-state index < -0.39 is 35.3 Å². The minimum Gasteiger partial charge on any atom is -0.408 e. The number of aromatic nitrogens is 5. The van der Waals surface area contributed by atoms with Gasteiger partial charge in [0.15, 0.2) is 0 Å². The number of hydrogen-bond donors (Lipinski definition) is 1. The summed E-state index contributed by atoms with van der Waals surface area (Å²) in [5.74, 6) is -5.39. The highest BCUT2D eigenvalue weighted by atomic mass is 35.5. The van der Waals surface area contributed by atoms with Crippen molar-refractivity contribution in [3.05, 3.63) is 65.6 Å². The zero-order valence-corrected chi connectivity index (χ0v) is 23.0. The molecule has 0 radical (unpaired) electrons. The van der Waals surface area contributed by atoms with Crippen LogP contribution in [0.2, 0.25) is 0 Å². The van der Waals surface area contributed by atoms with E-state index in [0.29, 0.717) is 5.56 Å². The topological polar surface area (TPSA) is 151 Å². The van der Waals surface area contributed by atoms with Gasteiger partial charge in [0, 0.05) is 42.9 Å². The number of alkyl halides is 4. The second-order valence-corrected chi connectivity index (χ2v) is 10.6. The van der Waals surface area contributed by atoms with Crippen LogP contribution in [-0.4, -0.2) is 48.5 Å². The summed E-state index contributed by atoms with van der Waals surface area (Å²) in [5, 5.41) is 20.1. The Morgan fingerprint density at radius 2 is 1.90 bits per heavy atom. The van der Waals surface area contributed by atoms with Gasteiger partial charge in [-0.2, -0.15) is 5.26 Å². The van der Waals surface area contributed by atoms with Crippen LogP contribution in [-0.2, 0) is 9.59 Å². The zero-order chi connectivity index (χ0) is 29.9. The van der Waals surface area contributed by atoms with Crippen molar-refractivity contribution in [3.8, 4) is 16.5 Å². The van der Waals surface area contributed by atoms with E-state index in [1.165, 1.54) is 42.2 Å². The molecule has 1 N–H and O–H groups in total. The van der Waals surface area contributed by atoms with Crippen LogP contribution in [0.15, 0.2) is 53.0 Å². The van der Waals surface area contributed by atoms with Gasteiger partial charge in [0.05, 0.1) is 21.6 Å². The maximum absolute atomic E-state index is 14.4. The van der Waals surface area contributed by atoms with E-state index in [-0.39, 0.29) is 54.4 Å². The second-order valence-electron chi connectivity index (χ2n) is 9.36. The molecule has 0 bridgehead atoms. The fraction of sp³-hybridized carbons (Fsp3) is 0.308. The van der Waals surface area contributed by atoms with E-state index in [4.69, 9.17) is 16.0 Å². The van der Waals surface area contributed by atoms with Gasteiger partial charge in [0.25, 0.3) is 17.4 Å². The van der Waals surface area contributed by atoms with Gasteiger partial charge in [-0.15, -0.1) is 16.4 Å². The molecule has 2 atom stereocenters. The number of nitriles is 1. The summed E-state index contributed by atoms with van der Waals surface area (Å²) in [6.45, 7) is 0. The zero-order valence-electron chi connectivity index (χ0n) is 21.5. The number of rotatable bonds is 8. The van der Waals surface area contributed by atoms with Crippen LogP contribution in [0.3, 0.4) is 0 Å². The molecule has 1 aliphatic rings. The highest BCUT2D eigenvalue weighted by Gasteiger charge is 2.39. The molecular formula is C26H20ClF3N8O3S. The van der Waals surface area contributed by atoms with Crippen LogP contribution in [0.4, 0.5) is 24.9 Å². The average Bonchev–Trinajstić information content (AvgIpc) is 3.69. The van der Waals surface area contributed by atoms with Gasteiger partial charge in [0.2, 0.25) is 11.8 Å². The van der Waals surface area contributed by atoms with Crippen LogP contribution in [0, 0.1) is 11.3 Å². The lowest BCUT2D eigenvalue weighted by Crippen LogP contribution is -2.44. The molecule has 1 fully saturated rings. The van der Waals surface area contributed by atoms with Crippen molar-refractivity contribution in [3.63, 3.8) is 0 Å². The summed E-state index contributed by atoms with van der Waals surface area (Å²) >= 11 is 6.90. The SMILES string of the molecule is N#Cc1cc(-c2cncs2)ccc1N(C(=O)C(F)Cl)C(C(=O)Nc1nnc(C2CCC(F)(F)CC2)o1)c1cncnc1. The molecule has 1 aliphatic carbocycles. The van der Waals surface area contributed by atoms with Crippen LogP contribution < -0.4 is 10.2 Å². The number of hydrogen-bond acceptors (Lipinski definition) is 10. The van der Waals surface area contributed by atoms with Crippen LogP contribution in [0.1, 0.15) is 54.7 Å². The van der Waals surface area contributed by atoms with Gasteiger partial charge in [-0.05, 0) is 30.5 Å². The van der Waals surface area contributed by atoms with Crippen molar-refractivity contribution in [2.24, 2.45) is 0 Å². The molecule has 0 saturated heterocycles. The van der Waals surface area contributed by atoms with Gasteiger partial charge < -0.3 is 4.42 Å². The number of benzene rings is 1. The maximum Gasteiger partial charge on any atom is 0.322 e. The quantitative estimate of drug-likeness (QED) is 0.257. The first kappa shape index (κ1) is 29.1. The Hall–Kier alpha value is -4.42. The van der Waals surface area contributed by atoms with E-state index in [2.05, 4.69) is 30.5 Å². The summed E-state index contributed by atoms with van der Waals surface area (Å²) in [6, 6.07) is 4.40. The van der Waals surface area contributed by atoms with Crippen LogP contribution in [0.5, 0.6) is 0 Å². The number of carbonyl (C=O) groups excluding carboxylic acids is 2. The predicted octanol–water partition coefficient (Wildman–Crippen LogP) is 5.40. The molecule has 5 rings (SSSR count). The van der Waals surface area contributed by atoms with Crippen molar-refractivity contribution in [1.82, 2.24) is 25.1 Å². The van der Waals surface area contributed by atoms with Crippen molar-refractivity contribution in [2.45, 2.75) is 49.2 Å². The Morgan fingerprint density at radius 1 is 1.17 bits per heavy atom. The lowest BCUT2D eigenvalue weighted by Gasteiger charge is -2.31. The number of nitrogens with zero attached hydrogens (tertiary/aromatic N) is 7. The Kier molecular flexibility index (Phi) is 8.46. The summed E-state index contributed by atoms with van der Waals surface area (Å²) < 4.78 is 47.1. The van der Waals surface area contributed by atoms with Crippen molar-refractivity contribution >= 4 is 46.5 Å². The van der Waals surface area contributed by atoms with E-state index in [1.807, 2.05) is 6.07 Å². The highest BCUT2D eigenvalue weighted by Crippen LogP contribution is 2.41. The van der Waals surface area contributed by atoms with Crippen LogP contribution >= 0.6 is 22.9 Å². The monoisotopic (exact) mass is 616 g/mol. The van der Waals surface area contributed by atoms with Crippen molar-refractivity contribution < 1.29 is 27.2 Å². The standard InChI is InChI=1S/C26H20ClF3N8O3S/c27-21(28)24(40)38(18-2-1-15(7-16(18)8-31)19-11-34-13-42-19)20(17-9-32-12-33-10-17)22(39)35-25-37-36-23(41-25)14-3-5-26(29,30)6-4-14/h1-2,7,9-14,20-21H,3-6H2,(H,35,37,39). The first-order chi connectivity index (χ1) is 20.2. The third-order valence-electron chi connectivity index (χ3n) is 6.66. The fourth-order valence-corrected chi connectivity index (χ4v) is 5.34. The van der Waals surface area contributed by atoms with Gasteiger partial charge in [-0.3, -0.25) is 24.8 Å². The van der Waals surface area contributed by atoms with Gasteiger partial charge in [0.1, 0.15) is 18.4 Å². The number of nitrogens with one attached hydrogen (secondary N) is 1. The maximum atomic E-state index is 14.4. The number of amides is 2. The molecule has 4 aromatic rings. The molecule has 11 nitrogen and oxygen atoms in total. The van der Waals surface area contributed by atoms with E-state index in [1.54, 1.807) is 17.8 Å². The molecular weight excluding hydrogens is 597 g/mol. The van der Waals surface area contributed by atoms with Crippen LogP contribution in [0.25, 0.3) is 10.4 Å². The molecule has 42 heavy (non-hydrogen) atoms. The Morgan fingerprint density at radius 3 is 2.55 bits per heavy atom. The van der Waals surface area contributed by atoms with Gasteiger partial charge >= 0.3 is 6.01 Å². The molecule has 1 saturated carbocycles. The molecule has 3 heterocycles. The first-order valence-electron chi connectivity index (χ1n) is 12.5. The molecule has 1 aromatic carbocycles. The Labute approximate surface area is 245 Å². The largest absolute Gasteiger partial charge is 0.408 e. The van der Waals surface area contributed by atoms with E-state index in [0.717, 1.165) is 9.78 Å². The van der Waals surface area contributed by atoms with E-state index >= 15 is 0 Å². The molecule has 0 aliphatic heterocycles. The molecule has 2 amide bonds. The number of halogens is 4. The fourth-order valence-electron chi connectivity index (χ4n) is 4.62. The van der Waals surface area contributed by atoms with E-state index in [9.17, 15) is 28.0 Å². The summed E-state index contributed by atoms with van der Waals surface area (Å²) in [4.78, 5) is 40.3. The highest BCUT2D eigenvalue weighted by molar-refractivity contribution is 7.13. The minimum atomic E-state index is -2.76. The third-order valence-corrected chi connectivity index (χ3v) is 7.67. The lowest BCUT2D eigenvalue weighted by molar-refractivity contribution is -0.125. The Bertz CT molecular complexity index is 1600. The lowest BCUT2D eigenvalue weighted by atomic mass is 9.87.